The highest BCUT2D eigenvalue weighted by molar-refractivity contribution is 5.80. The molecule has 0 saturated carbocycles. The Morgan fingerprint density at radius 3 is 1.33 bits per heavy atom. The maximum Gasteiger partial charge on any atom is 0.306 e. The van der Waals surface area contributed by atoms with E-state index in [1.807, 2.05) is 6.08 Å². The average molecular weight is 1110 g/mol. The molecular weight excluding hydrogens is 991 g/mol. The normalized spacial score (nSPS) is 19.4. The van der Waals surface area contributed by atoms with E-state index < -0.39 is 67.4 Å². The number of hydrogen-bond acceptors (Lipinski definition) is 10. The summed E-state index contributed by atoms with van der Waals surface area (Å²) < 4.78 is 17.6. The van der Waals surface area contributed by atoms with Crippen LogP contribution in [0.25, 0.3) is 0 Å². The average Bonchev–Trinajstić information content (AvgIpc) is 3.45. The predicted octanol–water partition coefficient (Wildman–Crippen LogP) is 15.7. The third-order valence-corrected chi connectivity index (χ3v) is 14.8. The molecule has 0 spiro atoms. The molecular formula is C68H119NO10. The van der Waals surface area contributed by atoms with Crippen molar-refractivity contribution in [3.8, 4) is 0 Å². The number of rotatable bonds is 54. The lowest BCUT2D eigenvalue weighted by Crippen LogP contribution is -2.61. The Kier molecular flexibility index (Phi) is 51.8. The van der Waals surface area contributed by atoms with E-state index in [4.69, 9.17) is 14.2 Å². The minimum Gasteiger partial charge on any atom is -0.454 e. The zero-order chi connectivity index (χ0) is 57.5. The first-order valence-electron chi connectivity index (χ1n) is 32.4. The van der Waals surface area contributed by atoms with Gasteiger partial charge in [-0.25, -0.2) is 0 Å². The molecule has 6 N–H and O–H groups in total. The van der Waals surface area contributed by atoms with Gasteiger partial charge >= 0.3 is 5.97 Å². The fourth-order valence-corrected chi connectivity index (χ4v) is 9.61. The van der Waals surface area contributed by atoms with E-state index in [-0.39, 0.29) is 19.4 Å². The van der Waals surface area contributed by atoms with E-state index in [1.54, 1.807) is 6.08 Å². The summed E-state index contributed by atoms with van der Waals surface area (Å²) in [4.78, 5) is 26.6. The van der Waals surface area contributed by atoms with Crippen molar-refractivity contribution in [3.05, 3.63) is 85.1 Å². The van der Waals surface area contributed by atoms with Gasteiger partial charge in [-0.2, -0.15) is 0 Å². The Bertz CT molecular complexity index is 1610. The summed E-state index contributed by atoms with van der Waals surface area (Å²) in [6.07, 6.45) is 61.9. The third-order valence-electron chi connectivity index (χ3n) is 14.8. The highest BCUT2D eigenvalue weighted by Crippen LogP contribution is 2.26. The van der Waals surface area contributed by atoms with Crippen molar-refractivity contribution in [1.29, 1.82) is 0 Å². The minimum atomic E-state index is -1.62. The van der Waals surface area contributed by atoms with Gasteiger partial charge in [0.15, 0.2) is 12.4 Å². The molecule has 1 heterocycles. The van der Waals surface area contributed by atoms with E-state index in [2.05, 4.69) is 99.0 Å². The SMILES string of the molecule is CCCCC/C=C\C/C=C\C/C=C\C/C=C\CCCCC(O)C(=O)NC(COC1OC(CO)C(O)C(O)C1OC(=O)CCCCCCCCCCCCC/C=C\C/C=C\CCCCC)C(O)/C=C/CCCCCCCCCCC. The van der Waals surface area contributed by atoms with Crippen LogP contribution >= 0.6 is 0 Å². The molecule has 1 rings (SSSR count). The van der Waals surface area contributed by atoms with Crippen LogP contribution in [0.15, 0.2) is 85.1 Å². The number of unbranched alkanes of at least 4 members (excludes halogenated alkanes) is 28. The number of nitrogens with one attached hydrogen (secondary N) is 1. The Morgan fingerprint density at radius 2 is 0.873 bits per heavy atom. The molecule has 0 radical (unpaired) electrons. The lowest BCUT2D eigenvalue weighted by molar-refractivity contribution is -0.305. The number of aliphatic hydroxyl groups is 5. The minimum absolute atomic E-state index is 0.114. The van der Waals surface area contributed by atoms with Crippen molar-refractivity contribution in [2.24, 2.45) is 0 Å². The number of ether oxygens (including phenoxy) is 3. The summed E-state index contributed by atoms with van der Waals surface area (Å²) in [7, 11) is 0. The lowest BCUT2D eigenvalue weighted by atomic mass is 9.99. The van der Waals surface area contributed by atoms with Crippen LogP contribution in [0.2, 0.25) is 0 Å². The molecule has 1 amide bonds. The van der Waals surface area contributed by atoms with Gasteiger partial charge in [0.05, 0.1) is 25.4 Å². The second-order valence-electron chi connectivity index (χ2n) is 22.1. The van der Waals surface area contributed by atoms with Crippen LogP contribution in [0, 0.1) is 0 Å². The third kappa shape index (κ3) is 43.2. The summed E-state index contributed by atoms with van der Waals surface area (Å²) in [5.41, 5.74) is 0. The zero-order valence-corrected chi connectivity index (χ0v) is 50.5. The number of carbonyl (C=O) groups excluding carboxylic acids is 2. The molecule has 8 unspecified atom stereocenters. The molecule has 0 aromatic carbocycles. The van der Waals surface area contributed by atoms with Gasteiger partial charge in [-0.3, -0.25) is 9.59 Å². The van der Waals surface area contributed by atoms with E-state index in [9.17, 15) is 35.1 Å². The van der Waals surface area contributed by atoms with Gasteiger partial charge in [0.25, 0.3) is 0 Å². The van der Waals surface area contributed by atoms with Gasteiger partial charge in [0.1, 0.15) is 24.4 Å². The molecule has 11 nitrogen and oxygen atoms in total. The molecule has 1 aliphatic heterocycles. The summed E-state index contributed by atoms with van der Waals surface area (Å²) >= 11 is 0. The van der Waals surface area contributed by atoms with Gasteiger partial charge in [0, 0.05) is 6.42 Å². The Hall–Kier alpha value is -3.16. The Balaban J connectivity index is 2.66. The van der Waals surface area contributed by atoms with Crippen LogP contribution in [-0.2, 0) is 23.8 Å². The Morgan fingerprint density at radius 1 is 0.494 bits per heavy atom. The van der Waals surface area contributed by atoms with Gasteiger partial charge in [-0.15, -0.1) is 0 Å². The first-order chi connectivity index (χ1) is 38.7. The van der Waals surface area contributed by atoms with Crippen molar-refractivity contribution in [3.63, 3.8) is 0 Å². The van der Waals surface area contributed by atoms with Crippen LogP contribution in [0.1, 0.15) is 271 Å². The molecule has 1 aliphatic rings. The van der Waals surface area contributed by atoms with E-state index in [0.717, 1.165) is 89.9 Å². The molecule has 8 atom stereocenters. The smallest absolute Gasteiger partial charge is 0.306 e. The van der Waals surface area contributed by atoms with Crippen LogP contribution in [0.3, 0.4) is 0 Å². The highest BCUT2D eigenvalue weighted by atomic mass is 16.7. The van der Waals surface area contributed by atoms with Crippen molar-refractivity contribution >= 4 is 11.9 Å². The molecule has 11 heteroatoms. The molecule has 0 aliphatic carbocycles. The standard InChI is InChI=1S/C68H119NO10/c1-4-7-10-13-16-19-22-24-26-28-30-31-32-34-36-38-41-44-47-50-53-56-63(73)79-66-65(75)64(74)62(57-70)78-68(66)77-58-59(60(71)54-51-48-45-42-39-21-18-15-12-9-6-3)69-67(76)61(72)55-52-49-46-43-40-37-35-33-29-27-25-23-20-17-14-11-8-5-2/h16-17,19-20,24-27,33,35,40,43,51,54,59-62,64-66,68,70-72,74-75H,4-15,18,21-23,28-32,34,36-39,41-42,44-50,52-53,55-58H2,1-3H3,(H,69,76)/b19-16-,20-17-,26-24-,27-25-,35-33-,43-40-,54-51+. The number of allylic oxidation sites excluding steroid dienone is 13. The maximum absolute atomic E-state index is 13.4. The summed E-state index contributed by atoms with van der Waals surface area (Å²) in [6, 6.07) is -1.04. The van der Waals surface area contributed by atoms with Crippen molar-refractivity contribution < 1.29 is 49.3 Å². The van der Waals surface area contributed by atoms with Gasteiger partial charge < -0.3 is 45.1 Å². The number of aliphatic hydroxyl groups excluding tert-OH is 5. The lowest BCUT2D eigenvalue weighted by Gasteiger charge is -2.41. The Labute approximate surface area is 483 Å². The number of carbonyl (C=O) groups is 2. The highest BCUT2D eigenvalue weighted by Gasteiger charge is 2.47. The number of esters is 1. The van der Waals surface area contributed by atoms with Crippen molar-refractivity contribution in [2.45, 2.75) is 320 Å². The van der Waals surface area contributed by atoms with E-state index in [1.165, 1.54) is 135 Å². The van der Waals surface area contributed by atoms with Crippen molar-refractivity contribution in [1.82, 2.24) is 5.32 Å². The summed E-state index contributed by atoms with van der Waals surface area (Å²) in [5.74, 6) is -1.23. The molecule has 0 bridgehead atoms. The van der Waals surface area contributed by atoms with E-state index >= 15 is 0 Å². The first kappa shape index (κ1) is 73.9. The largest absolute Gasteiger partial charge is 0.454 e. The topological polar surface area (TPSA) is 175 Å². The second-order valence-corrected chi connectivity index (χ2v) is 22.1. The van der Waals surface area contributed by atoms with Crippen LogP contribution < -0.4 is 5.32 Å². The van der Waals surface area contributed by atoms with Crippen LogP contribution in [-0.4, -0.2) is 99.6 Å². The molecule has 1 saturated heterocycles. The number of amides is 1. The first-order valence-corrected chi connectivity index (χ1v) is 32.4. The fourth-order valence-electron chi connectivity index (χ4n) is 9.61. The molecule has 456 valence electrons. The molecule has 1 fully saturated rings. The molecule has 79 heavy (non-hydrogen) atoms. The quantitative estimate of drug-likeness (QED) is 0.0195. The van der Waals surface area contributed by atoms with Crippen molar-refractivity contribution in [2.75, 3.05) is 13.2 Å². The van der Waals surface area contributed by atoms with Gasteiger partial charge in [0.2, 0.25) is 5.91 Å². The maximum atomic E-state index is 13.4. The summed E-state index contributed by atoms with van der Waals surface area (Å²) in [6.45, 7) is 5.71. The fraction of sp³-hybridized carbons (Fsp3) is 0.765. The summed E-state index contributed by atoms with van der Waals surface area (Å²) in [5, 5.41) is 57.0. The van der Waals surface area contributed by atoms with Gasteiger partial charge in [-0.1, -0.05) is 247 Å². The van der Waals surface area contributed by atoms with Crippen LogP contribution in [0.4, 0.5) is 0 Å². The zero-order valence-electron chi connectivity index (χ0n) is 50.5. The van der Waals surface area contributed by atoms with Crippen LogP contribution in [0.5, 0.6) is 0 Å². The second kappa shape index (κ2) is 55.4. The number of hydrogen-bond donors (Lipinski definition) is 6. The molecule has 0 aromatic rings. The monoisotopic (exact) mass is 1110 g/mol. The predicted molar refractivity (Wildman–Crippen MR) is 329 cm³/mol. The van der Waals surface area contributed by atoms with E-state index in [0.29, 0.717) is 12.8 Å². The van der Waals surface area contributed by atoms with Gasteiger partial charge in [-0.05, 0) is 103 Å². The molecule has 0 aromatic heterocycles.